The van der Waals surface area contributed by atoms with Gasteiger partial charge in [0.1, 0.15) is 6.29 Å². The second-order valence-electron chi connectivity index (χ2n) is 3.57. The second-order valence-corrected chi connectivity index (χ2v) is 3.57. The standard InChI is InChI=1S/C10H15NO4/c12-6-1-2-8(5-7-13)11-9(14)3-4-10(11)15/h6,8,13H,1-5,7H2. The fourth-order valence-corrected chi connectivity index (χ4v) is 1.81. The van der Waals surface area contributed by atoms with E-state index < -0.39 is 0 Å². The summed E-state index contributed by atoms with van der Waals surface area (Å²) in [6, 6.07) is -0.317. The Morgan fingerprint density at radius 2 is 1.87 bits per heavy atom. The number of carbonyl (C=O) groups excluding carboxylic acids is 3. The number of likely N-dealkylation sites (tertiary alicyclic amines) is 1. The summed E-state index contributed by atoms with van der Waals surface area (Å²) in [5.41, 5.74) is 0. The maximum Gasteiger partial charge on any atom is 0.229 e. The Bertz CT molecular complexity index is 248. The molecular weight excluding hydrogens is 198 g/mol. The Morgan fingerprint density at radius 3 is 2.33 bits per heavy atom. The third-order valence-corrected chi connectivity index (χ3v) is 2.54. The van der Waals surface area contributed by atoms with Crippen LogP contribution in [0.1, 0.15) is 32.1 Å². The molecule has 1 aliphatic heterocycles. The smallest absolute Gasteiger partial charge is 0.229 e. The van der Waals surface area contributed by atoms with E-state index in [1.54, 1.807) is 0 Å². The molecule has 0 aromatic heterocycles. The molecule has 5 nitrogen and oxygen atoms in total. The maximum absolute atomic E-state index is 11.4. The van der Waals surface area contributed by atoms with Crippen LogP contribution in [-0.4, -0.2) is 40.8 Å². The molecule has 0 radical (unpaired) electrons. The van der Waals surface area contributed by atoms with Crippen molar-refractivity contribution in [3.8, 4) is 0 Å². The molecule has 0 aromatic rings. The van der Waals surface area contributed by atoms with Gasteiger partial charge in [-0.3, -0.25) is 14.5 Å². The van der Waals surface area contributed by atoms with Gasteiger partial charge in [-0.25, -0.2) is 0 Å². The van der Waals surface area contributed by atoms with Crippen molar-refractivity contribution in [2.24, 2.45) is 0 Å². The van der Waals surface area contributed by atoms with Crippen LogP contribution in [0.2, 0.25) is 0 Å². The van der Waals surface area contributed by atoms with Crippen LogP contribution in [0.15, 0.2) is 0 Å². The van der Waals surface area contributed by atoms with E-state index in [9.17, 15) is 14.4 Å². The fraction of sp³-hybridized carbons (Fsp3) is 0.700. The van der Waals surface area contributed by atoms with Crippen molar-refractivity contribution < 1.29 is 19.5 Å². The molecule has 1 atom stereocenters. The van der Waals surface area contributed by atoms with Crippen LogP contribution in [0.25, 0.3) is 0 Å². The first-order valence-corrected chi connectivity index (χ1v) is 5.10. The molecule has 1 saturated heterocycles. The van der Waals surface area contributed by atoms with Gasteiger partial charge in [-0.1, -0.05) is 0 Å². The van der Waals surface area contributed by atoms with Crippen LogP contribution in [-0.2, 0) is 14.4 Å². The third kappa shape index (κ3) is 2.86. The third-order valence-electron chi connectivity index (χ3n) is 2.54. The van der Waals surface area contributed by atoms with Gasteiger partial charge in [0.25, 0.3) is 0 Å². The Kier molecular flexibility index (Phi) is 4.42. The lowest BCUT2D eigenvalue weighted by Crippen LogP contribution is -2.40. The van der Waals surface area contributed by atoms with E-state index in [4.69, 9.17) is 5.11 Å². The van der Waals surface area contributed by atoms with E-state index >= 15 is 0 Å². The van der Waals surface area contributed by atoms with Gasteiger partial charge in [-0.05, 0) is 12.8 Å². The van der Waals surface area contributed by atoms with Gasteiger partial charge in [-0.15, -0.1) is 0 Å². The number of nitrogens with zero attached hydrogens (tertiary/aromatic N) is 1. The van der Waals surface area contributed by atoms with Crippen molar-refractivity contribution in [3.05, 3.63) is 0 Å². The van der Waals surface area contributed by atoms with Crippen molar-refractivity contribution >= 4 is 18.1 Å². The van der Waals surface area contributed by atoms with Crippen LogP contribution in [0.4, 0.5) is 0 Å². The summed E-state index contributed by atoms with van der Waals surface area (Å²) in [5, 5.41) is 8.83. The van der Waals surface area contributed by atoms with E-state index in [0.717, 1.165) is 6.29 Å². The number of aldehydes is 1. The zero-order valence-corrected chi connectivity index (χ0v) is 8.52. The van der Waals surface area contributed by atoms with Crippen molar-refractivity contribution in [1.82, 2.24) is 4.90 Å². The van der Waals surface area contributed by atoms with E-state index in [2.05, 4.69) is 0 Å². The molecule has 0 saturated carbocycles. The highest BCUT2D eigenvalue weighted by molar-refractivity contribution is 6.02. The van der Waals surface area contributed by atoms with Crippen molar-refractivity contribution in [3.63, 3.8) is 0 Å². The lowest BCUT2D eigenvalue weighted by Gasteiger charge is -2.24. The van der Waals surface area contributed by atoms with Crippen LogP contribution in [0.3, 0.4) is 0 Å². The highest BCUT2D eigenvalue weighted by Gasteiger charge is 2.34. The SMILES string of the molecule is O=CCCC(CCO)N1C(=O)CCC1=O. The molecule has 1 heterocycles. The number of hydrogen-bond donors (Lipinski definition) is 1. The zero-order chi connectivity index (χ0) is 11.3. The molecule has 2 amide bonds. The summed E-state index contributed by atoms with van der Waals surface area (Å²) < 4.78 is 0. The molecule has 0 aromatic carbocycles. The normalized spacial score (nSPS) is 18.3. The topological polar surface area (TPSA) is 74.7 Å². The van der Waals surface area contributed by atoms with Crippen molar-refractivity contribution in [2.45, 2.75) is 38.1 Å². The van der Waals surface area contributed by atoms with Gasteiger partial charge in [0.15, 0.2) is 0 Å². The van der Waals surface area contributed by atoms with E-state index in [0.29, 0.717) is 19.3 Å². The van der Waals surface area contributed by atoms with Gasteiger partial charge in [0, 0.05) is 31.9 Å². The average Bonchev–Trinajstić information content (AvgIpc) is 2.54. The summed E-state index contributed by atoms with van der Waals surface area (Å²) >= 11 is 0. The monoisotopic (exact) mass is 213 g/mol. The molecule has 0 bridgehead atoms. The van der Waals surface area contributed by atoms with E-state index in [1.165, 1.54) is 4.90 Å². The van der Waals surface area contributed by atoms with Gasteiger partial charge < -0.3 is 9.90 Å². The lowest BCUT2D eigenvalue weighted by atomic mass is 10.1. The largest absolute Gasteiger partial charge is 0.396 e. The highest BCUT2D eigenvalue weighted by atomic mass is 16.3. The number of aliphatic hydroxyl groups excluding tert-OH is 1. The minimum absolute atomic E-state index is 0.0828. The second kappa shape index (κ2) is 5.60. The van der Waals surface area contributed by atoms with Crippen molar-refractivity contribution in [2.75, 3.05) is 6.61 Å². The van der Waals surface area contributed by atoms with Crippen molar-refractivity contribution in [1.29, 1.82) is 0 Å². The van der Waals surface area contributed by atoms with Gasteiger partial charge in [0.2, 0.25) is 11.8 Å². The number of amides is 2. The predicted molar refractivity (Wildman–Crippen MR) is 51.9 cm³/mol. The lowest BCUT2D eigenvalue weighted by molar-refractivity contribution is -0.141. The highest BCUT2D eigenvalue weighted by Crippen LogP contribution is 2.20. The van der Waals surface area contributed by atoms with E-state index in [1.807, 2.05) is 0 Å². The molecule has 0 aliphatic carbocycles. The maximum atomic E-state index is 11.4. The van der Waals surface area contributed by atoms with Crippen LogP contribution in [0, 0.1) is 0 Å². The predicted octanol–water partition coefficient (Wildman–Crippen LogP) is -0.135. The van der Waals surface area contributed by atoms with Gasteiger partial charge in [-0.2, -0.15) is 0 Å². The fourth-order valence-electron chi connectivity index (χ4n) is 1.81. The Hall–Kier alpha value is -1.23. The molecule has 1 N–H and O–H groups in total. The van der Waals surface area contributed by atoms with Crippen LogP contribution >= 0.6 is 0 Å². The van der Waals surface area contributed by atoms with Gasteiger partial charge >= 0.3 is 0 Å². The minimum atomic E-state index is -0.317. The number of hydrogen-bond acceptors (Lipinski definition) is 4. The number of imide groups is 1. The zero-order valence-electron chi connectivity index (χ0n) is 8.52. The number of carbonyl (C=O) groups is 3. The number of aliphatic hydroxyl groups is 1. The first-order chi connectivity index (χ1) is 7.20. The molecule has 1 aliphatic rings. The quantitative estimate of drug-likeness (QED) is 0.492. The molecule has 15 heavy (non-hydrogen) atoms. The van der Waals surface area contributed by atoms with Crippen LogP contribution < -0.4 is 0 Å². The summed E-state index contributed by atoms with van der Waals surface area (Å²) in [6.07, 6.45) is 2.37. The molecule has 1 fully saturated rings. The number of rotatable bonds is 6. The molecule has 1 rings (SSSR count). The average molecular weight is 213 g/mol. The Morgan fingerprint density at radius 1 is 1.27 bits per heavy atom. The van der Waals surface area contributed by atoms with E-state index in [-0.39, 0.29) is 37.3 Å². The minimum Gasteiger partial charge on any atom is -0.396 e. The summed E-state index contributed by atoms with van der Waals surface area (Å²) in [5.74, 6) is -0.381. The molecule has 84 valence electrons. The Labute approximate surface area is 88.1 Å². The van der Waals surface area contributed by atoms with Gasteiger partial charge in [0.05, 0.1) is 0 Å². The summed E-state index contributed by atoms with van der Waals surface area (Å²) in [7, 11) is 0. The molecule has 1 unspecified atom stereocenters. The summed E-state index contributed by atoms with van der Waals surface area (Å²) in [6.45, 7) is -0.0828. The molecule has 5 heteroatoms. The first kappa shape index (κ1) is 11.8. The molecular formula is C10H15NO4. The Balaban J connectivity index is 2.64. The summed E-state index contributed by atoms with van der Waals surface area (Å²) in [4.78, 5) is 34.2. The van der Waals surface area contributed by atoms with Crippen LogP contribution in [0.5, 0.6) is 0 Å². The first-order valence-electron chi connectivity index (χ1n) is 5.10. The molecule has 0 spiro atoms.